The molecule has 0 fully saturated rings. The molecule has 6 heteroatoms. The average molecular weight is 342 g/mol. The lowest BCUT2D eigenvalue weighted by Crippen LogP contribution is -2.42. The van der Waals surface area contributed by atoms with Crippen molar-refractivity contribution in [2.24, 2.45) is 5.73 Å². The summed E-state index contributed by atoms with van der Waals surface area (Å²) in [4.78, 5) is 18.1. The molecular formula is C16H21Cl2N3O. The van der Waals surface area contributed by atoms with E-state index in [4.69, 9.17) is 5.73 Å². The van der Waals surface area contributed by atoms with Crippen LogP contribution in [0.2, 0.25) is 0 Å². The molecule has 120 valence electrons. The maximum Gasteiger partial charge on any atom is 0.239 e. The summed E-state index contributed by atoms with van der Waals surface area (Å²) in [6.07, 6.45) is 2.27. The maximum atomic E-state index is 12.2. The van der Waals surface area contributed by atoms with Crippen LogP contribution in [0.25, 0.3) is 0 Å². The zero-order chi connectivity index (χ0) is 14.4. The maximum absolute atomic E-state index is 12.2. The van der Waals surface area contributed by atoms with Crippen LogP contribution in [0.15, 0.2) is 54.7 Å². The summed E-state index contributed by atoms with van der Waals surface area (Å²) in [6.45, 7) is 0.474. The molecule has 2 N–H and O–H groups in total. The Morgan fingerprint density at radius 3 is 2.36 bits per heavy atom. The Bertz CT molecular complexity index is 502. The second-order valence-corrected chi connectivity index (χ2v) is 4.81. The highest BCUT2D eigenvalue weighted by Crippen LogP contribution is 2.06. The van der Waals surface area contributed by atoms with Crippen LogP contribution >= 0.6 is 24.8 Å². The van der Waals surface area contributed by atoms with Crippen LogP contribution < -0.4 is 5.73 Å². The number of amides is 1. The summed E-state index contributed by atoms with van der Waals surface area (Å²) in [5.41, 5.74) is 7.92. The van der Waals surface area contributed by atoms with Crippen LogP contribution in [0.1, 0.15) is 11.3 Å². The molecule has 1 aromatic heterocycles. The molecule has 1 amide bonds. The minimum atomic E-state index is -0.522. The van der Waals surface area contributed by atoms with Gasteiger partial charge in [-0.25, -0.2) is 0 Å². The van der Waals surface area contributed by atoms with Gasteiger partial charge >= 0.3 is 0 Å². The molecule has 0 saturated heterocycles. The highest BCUT2D eigenvalue weighted by molar-refractivity contribution is 5.85. The number of carbonyl (C=O) groups is 1. The van der Waals surface area contributed by atoms with E-state index in [2.05, 4.69) is 4.98 Å². The standard InChI is InChI=1S/C16H19N3O.2ClH/c1-19(12-14-9-5-6-10-18-14)16(20)15(17)11-13-7-3-2-4-8-13;;/h2-10,15H,11-12,17H2,1H3;2*1H/t15-;;/m0../s1. The molecular weight excluding hydrogens is 321 g/mol. The van der Waals surface area contributed by atoms with Crippen molar-refractivity contribution in [1.29, 1.82) is 0 Å². The zero-order valence-electron chi connectivity index (χ0n) is 12.4. The smallest absolute Gasteiger partial charge is 0.239 e. The van der Waals surface area contributed by atoms with E-state index in [0.29, 0.717) is 13.0 Å². The molecule has 0 spiro atoms. The number of nitrogens with zero attached hydrogens (tertiary/aromatic N) is 2. The monoisotopic (exact) mass is 341 g/mol. The fourth-order valence-electron chi connectivity index (χ4n) is 2.05. The number of carbonyl (C=O) groups excluding carboxylic acids is 1. The Morgan fingerprint density at radius 1 is 1.14 bits per heavy atom. The first-order valence-electron chi connectivity index (χ1n) is 6.61. The molecule has 0 radical (unpaired) electrons. The third-order valence-corrected chi connectivity index (χ3v) is 3.12. The first kappa shape index (κ1) is 20.4. The van der Waals surface area contributed by atoms with Crippen molar-refractivity contribution in [3.63, 3.8) is 0 Å². The van der Waals surface area contributed by atoms with Crippen LogP contribution in [-0.2, 0) is 17.8 Å². The van der Waals surface area contributed by atoms with Gasteiger partial charge in [-0.1, -0.05) is 36.4 Å². The summed E-state index contributed by atoms with van der Waals surface area (Å²) >= 11 is 0. The van der Waals surface area contributed by atoms with Crippen molar-refractivity contribution in [3.05, 3.63) is 66.0 Å². The van der Waals surface area contributed by atoms with Crippen LogP contribution in [0.5, 0.6) is 0 Å². The van der Waals surface area contributed by atoms with Crippen LogP contribution in [0.3, 0.4) is 0 Å². The van der Waals surface area contributed by atoms with Gasteiger partial charge in [0.2, 0.25) is 5.91 Å². The summed E-state index contributed by atoms with van der Waals surface area (Å²) in [6, 6.07) is 14.9. The minimum absolute atomic E-state index is 0. The van der Waals surface area contributed by atoms with Crippen LogP contribution in [-0.4, -0.2) is 28.9 Å². The quantitative estimate of drug-likeness (QED) is 0.908. The predicted octanol–water partition coefficient (Wildman–Crippen LogP) is 2.45. The van der Waals surface area contributed by atoms with E-state index in [1.54, 1.807) is 18.1 Å². The Hall–Kier alpha value is -1.62. The first-order valence-corrected chi connectivity index (χ1v) is 6.61. The van der Waals surface area contributed by atoms with Gasteiger partial charge in [-0.2, -0.15) is 0 Å². The van der Waals surface area contributed by atoms with Crippen LogP contribution in [0, 0.1) is 0 Å². The first-order chi connectivity index (χ1) is 9.66. The number of halogens is 2. The number of hydrogen-bond donors (Lipinski definition) is 1. The fourth-order valence-corrected chi connectivity index (χ4v) is 2.05. The van der Waals surface area contributed by atoms with Gasteiger partial charge < -0.3 is 10.6 Å². The molecule has 0 unspecified atom stereocenters. The predicted molar refractivity (Wildman–Crippen MR) is 93.3 cm³/mol. The van der Waals surface area contributed by atoms with Crippen LogP contribution in [0.4, 0.5) is 0 Å². The van der Waals surface area contributed by atoms with E-state index in [9.17, 15) is 4.79 Å². The van der Waals surface area contributed by atoms with E-state index in [0.717, 1.165) is 11.3 Å². The van der Waals surface area contributed by atoms with E-state index < -0.39 is 6.04 Å². The van der Waals surface area contributed by atoms with Crippen molar-refractivity contribution < 1.29 is 4.79 Å². The summed E-state index contributed by atoms with van der Waals surface area (Å²) in [7, 11) is 1.75. The minimum Gasteiger partial charge on any atom is -0.338 e. The van der Waals surface area contributed by atoms with Gasteiger partial charge in [0, 0.05) is 13.2 Å². The summed E-state index contributed by atoms with van der Waals surface area (Å²) in [5.74, 6) is -0.0699. The van der Waals surface area contributed by atoms with Crippen molar-refractivity contribution in [2.75, 3.05) is 7.05 Å². The SMILES string of the molecule is CN(Cc1ccccn1)C(=O)[C@@H](N)Cc1ccccc1.Cl.Cl. The number of pyridine rings is 1. The largest absolute Gasteiger partial charge is 0.338 e. The Labute approximate surface area is 143 Å². The molecule has 0 aliphatic rings. The number of hydrogen-bond acceptors (Lipinski definition) is 3. The van der Waals surface area contributed by atoms with Gasteiger partial charge in [0.25, 0.3) is 0 Å². The Balaban J connectivity index is 0.00000220. The molecule has 0 saturated carbocycles. The topological polar surface area (TPSA) is 59.2 Å². The van der Waals surface area contributed by atoms with E-state index in [-0.39, 0.29) is 30.7 Å². The third kappa shape index (κ3) is 6.02. The summed E-state index contributed by atoms with van der Waals surface area (Å²) < 4.78 is 0. The van der Waals surface area contributed by atoms with Gasteiger partial charge in [-0.15, -0.1) is 24.8 Å². The van der Waals surface area contributed by atoms with Gasteiger partial charge in [0.1, 0.15) is 0 Å². The number of nitrogens with two attached hydrogens (primary N) is 1. The van der Waals surface area contributed by atoms with Gasteiger partial charge in [0.15, 0.2) is 0 Å². The van der Waals surface area contributed by atoms with Crippen molar-refractivity contribution in [3.8, 4) is 0 Å². The number of rotatable bonds is 5. The lowest BCUT2D eigenvalue weighted by atomic mass is 10.1. The van der Waals surface area contributed by atoms with Gasteiger partial charge in [-0.3, -0.25) is 9.78 Å². The highest BCUT2D eigenvalue weighted by Gasteiger charge is 2.18. The summed E-state index contributed by atoms with van der Waals surface area (Å²) in [5, 5.41) is 0. The molecule has 1 atom stereocenters. The molecule has 0 bridgehead atoms. The van der Waals surface area contributed by atoms with Crippen molar-refractivity contribution >= 4 is 30.7 Å². The second-order valence-electron chi connectivity index (χ2n) is 4.81. The lowest BCUT2D eigenvalue weighted by Gasteiger charge is -2.21. The van der Waals surface area contributed by atoms with E-state index >= 15 is 0 Å². The van der Waals surface area contributed by atoms with Gasteiger partial charge in [-0.05, 0) is 24.1 Å². The van der Waals surface area contributed by atoms with Crippen molar-refractivity contribution in [1.82, 2.24) is 9.88 Å². The normalized spacial score (nSPS) is 10.8. The van der Waals surface area contributed by atoms with E-state index in [1.165, 1.54) is 0 Å². The fraction of sp³-hybridized carbons (Fsp3) is 0.250. The average Bonchev–Trinajstić information content (AvgIpc) is 2.48. The number of aromatic nitrogens is 1. The Morgan fingerprint density at radius 2 is 1.77 bits per heavy atom. The van der Waals surface area contributed by atoms with E-state index in [1.807, 2.05) is 48.5 Å². The zero-order valence-corrected chi connectivity index (χ0v) is 14.0. The number of likely N-dealkylation sites (N-methyl/N-ethyl adjacent to an activating group) is 1. The lowest BCUT2D eigenvalue weighted by molar-refractivity contribution is -0.131. The molecule has 1 heterocycles. The molecule has 22 heavy (non-hydrogen) atoms. The molecule has 1 aromatic carbocycles. The molecule has 0 aliphatic heterocycles. The van der Waals surface area contributed by atoms with Crippen molar-refractivity contribution in [2.45, 2.75) is 19.0 Å². The van der Waals surface area contributed by atoms with Gasteiger partial charge in [0.05, 0.1) is 18.3 Å². The molecule has 0 aliphatic carbocycles. The third-order valence-electron chi connectivity index (χ3n) is 3.12. The highest BCUT2D eigenvalue weighted by atomic mass is 35.5. The molecule has 2 aromatic rings. The molecule has 2 rings (SSSR count). The number of benzene rings is 1. The Kier molecular flexibility index (Phi) is 9.42. The second kappa shape index (κ2) is 10.2. The molecule has 4 nitrogen and oxygen atoms in total.